The van der Waals surface area contributed by atoms with E-state index in [1.165, 1.54) is 16.4 Å². The third-order valence-electron chi connectivity index (χ3n) is 3.80. The smallest absolute Gasteiger partial charge is 0.266 e. The molecule has 1 unspecified atom stereocenters. The van der Waals surface area contributed by atoms with E-state index in [1.807, 2.05) is 27.7 Å². The van der Waals surface area contributed by atoms with Crippen molar-refractivity contribution < 1.29 is 13.2 Å². The summed E-state index contributed by atoms with van der Waals surface area (Å²) < 4.78 is 38.9. The number of halogens is 5. The third kappa shape index (κ3) is 5.55. The number of hydrogen-bond donors (Lipinski definition) is 0. The van der Waals surface area contributed by atoms with Gasteiger partial charge in [0.2, 0.25) is 0 Å². The first-order valence-electron chi connectivity index (χ1n) is 8.30. The highest BCUT2D eigenvalue weighted by Crippen LogP contribution is 2.37. The van der Waals surface area contributed by atoms with E-state index in [0.29, 0.717) is 10.5 Å². The lowest BCUT2D eigenvalue weighted by molar-refractivity contribution is -0.0836. The Hall–Kier alpha value is -1.44. The Morgan fingerprint density at radius 1 is 1.21 bits per heavy atom. The number of rotatable bonds is 4. The molecule has 28 heavy (non-hydrogen) atoms. The molecule has 9 heteroatoms. The molecular formula is C19H19Cl2F3N2OS. The first-order valence-corrected chi connectivity index (χ1v) is 9.93. The van der Waals surface area contributed by atoms with Gasteiger partial charge >= 0.3 is 6.18 Å². The Bertz CT molecular complexity index is 932. The topological polar surface area (TPSA) is 34.9 Å². The molecule has 1 atom stereocenters. The summed E-state index contributed by atoms with van der Waals surface area (Å²) in [5.74, 6) is 0. The molecule has 0 saturated heterocycles. The molecule has 0 saturated carbocycles. The van der Waals surface area contributed by atoms with E-state index in [2.05, 4.69) is 5.10 Å². The molecule has 0 N–H and O–H groups in total. The molecule has 0 spiro atoms. The fourth-order valence-corrected chi connectivity index (χ4v) is 3.69. The number of hydrogen-bond acceptors (Lipinski definition) is 3. The lowest BCUT2D eigenvalue weighted by atomic mass is 10.1. The maximum absolute atomic E-state index is 12.5. The predicted molar refractivity (Wildman–Crippen MR) is 109 cm³/mol. The van der Waals surface area contributed by atoms with Crippen LogP contribution in [0.3, 0.4) is 0 Å². The molecule has 1 aromatic heterocycles. The Balaban J connectivity index is 2.21. The van der Waals surface area contributed by atoms with Crippen LogP contribution in [0.1, 0.15) is 44.1 Å². The second-order valence-corrected chi connectivity index (χ2v) is 9.30. The summed E-state index contributed by atoms with van der Waals surface area (Å²) in [5, 5.41) is 3.01. The van der Waals surface area contributed by atoms with E-state index in [0.717, 1.165) is 11.6 Å². The van der Waals surface area contributed by atoms with E-state index in [1.54, 1.807) is 30.5 Å². The van der Waals surface area contributed by atoms with Crippen molar-refractivity contribution in [2.75, 3.05) is 0 Å². The van der Waals surface area contributed by atoms with Gasteiger partial charge in [-0.3, -0.25) is 4.79 Å². The Labute approximate surface area is 175 Å². The maximum Gasteiger partial charge on any atom is 0.426 e. The van der Waals surface area contributed by atoms with Crippen LogP contribution < -0.4 is 5.56 Å². The molecule has 1 aromatic carbocycles. The zero-order valence-electron chi connectivity index (χ0n) is 15.6. The summed E-state index contributed by atoms with van der Waals surface area (Å²) in [4.78, 5) is 13.0. The Morgan fingerprint density at radius 2 is 1.79 bits per heavy atom. The van der Waals surface area contributed by atoms with Crippen LogP contribution >= 0.6 is 35.0 Å². The molecule has 2 rings (SSSR count). The molecular weight excluding hydrogens is 432 g/mol. The van der Waals surface area contributed by atoms with E-state index < -0.39 is 16.7 Å². The van der Waals surface area contributed by atoms with Crippen LogP contribution in [-0.2, 0) is 5.54 Å². The molecule has 152 valence electrons. The Morgan fingerprint density at radius 3 is 2.29 bits per heavy atom. The first kappa shape index (κ1) is 22.8. The number of thioether (sulfide) groups is 1. The number of allylic oxidation sites excluding steroid dienone is 1. The van der Waals surface area contributed by atoms with E-state index >= 15 is 0 Å². The summed E-state index contributed by atoms with van der Waals surface area (Å²) in [6.45, 7) is 7.47. The van der Waals surface area contributed by atoms with E-state index in [4.69, 9.17) is 23.2 Å². The molecule has 0 amide bonds. The number of alkyl halides is 3. The monoisotopic (exact) mass is 450 g/mol. The summed E-state index contributed by atoms with van der Waals surface area (Å²) in [5.41, 5.74) is 0.349. The molecule has 0 bridgehead atoms. The Kier molecular flexibility index (Phi) is 6.94. The minimum absolute atomic E-state index is 0.0956. The van der Waals surface area contributed by atoms with Gasteiger partial charge in [-0.2, -0.15) is 18.3 Å². The molecule has 3 nitrogen and oxygen atoms in total. The highest BCUT2D eigenvalue weighted by molar-refractivity contribution is 7.99. The van der Waals surface area contributed by atoms with E-state index in [-0.39, 0.29) is 15.8 Å². The standard InChI is InChI=1S/C19H19Cl2F3N2OS/c1-11(13-7-5-12(6-8-13)9-15(20)19(22,23)24)28-14-10-25-26(18(2,3)4)17(27)16(14)21/h5-11H,1-4H3/b15-9-. The van der Waals surface area contributed by atoms with Crippen molar-refractivity contribution in [3.05, 3.63) is 62.0 Å². The predicted octanol–water partition coefficient (Wildman–Crippen LogP) is 6.65. The number of benzene rings is 1. The molecule has 0 aliphatic heterocycles. The minimum Gasteiger partial charge on any atom is -0.266 e. The van der Waals surface area contributed by atoms with Gasteiger partial charge in [0.25, 0.3) is 5.56 Å². The molecule has 0 radical (unpaired) electrons. The third-order valence-corrected chi connectivity index (χ3v) is 5.79. The van der Waals surface area contributed by atoms with Crippen molar-refractivity contribution in [3.8, 4) is 0 Å². The van der Waals surface area contributed by atoms with Gasteiger partial charge in [0.15, 0.2) is 0 Å². The summed E-state index contributed by atoms with van der Waals surface area (Å²) in [7, 11) is 0. The number of aromatic nitrogens is 2. The zero-order chi connectivity index (χ0) is 21.3. The van der Waals surface area contributed by atoms with Crippen molar-refractivity contribution in [2.45, 2.75) is 49.6 Å². The summed E-state index contributed by atoms with van der Waals surface area (Å²) >= 11 is 12.8. The average Bonchev–Trinajstić information content (AvgIpc) is 2.57. The van der Waals surface area contributed by atoms with Gasteiger partial charge in [-0.05, 0) is 44.9 Å². The van der Waals surface area contributed by atoms with Gasteiger partial charge in [0, 0.05) is 5.25 Å². The average molecular weight is 451 g/mol. The maximum atomic E-state index is 12.5. The summed E-state index contributed by atoms with van der Waals surface area (Å²) in [6, 6.07) is 6.53. The fraction of sp³-hybridized carbons (Fsp3) is 0.368. The quantitative estimate of drug-likeness (QED) is 0.489. The van der Waals surface area contributed by atoms with Gasteiger partial charge in [-0.15, -0.1) is 11.8 Å². The number of nitrogens with zero attached hydrogens (tertiary/aromatic N) is 2. The molecule has 1 heterocycles. The van der Waals surface area contributed by atoms with Crippen molar-refractivity contribution >= 4 is 41.0 Å². The second-order valence-electron chi connectivity index (χ2n) is 7.13. The van der Waals surface area contributed by atoms with Crippen LogP contribution in [0.15, 0.2) is 45.2 Å². The van der Waals surface area contributed by atoms with Crippen LogP contribution in [0, 0.1) is 0 Å². The molecule has 2 aromatic rings. The van der Waals surface area contributed by atoms with Gasteiger partial charge in [0.05, 0.1) is 16.6 Å². The summed E-state index contributed by atoms with van der Waals surface area (Å²) in [6.07, 6.45) is -2.15. The van der Waals surface area contributed by atoms with Crippen LogP contribution in [0.4, 0.5) is 13.2 Å². The first-order chi connectivity index (χ1) is 12.8. The highest BCUT2D eigenvalue weighted by atomic mass is 35.5. The van der Waals surface area contributed by atoms with E-state index in [9.17, 15) is 18.0 Å². The highest BCUT2D eigenvalue weighted by Gasteiger charge is 2.32. The van der Waals surface area contributed by atoms with Gasteiger partial charge < -0.3 is 0 Å². The SMILES string of the molecule is CC(Sc1cnn(C(C)(C)C)c(=O)c1Cl)c1ccc(/C=C(\Cl)C(F)(F)F)cc1. The van der Waals surface area contributed by atoms with Gasteiger partial charge in [-0.25, -0.2) is 4.68 Å². The van der Waals surface area contributed by atoms with Gasteiger partial charge in [-0.1, -0.05) is 47.5 Å². The van der Waals surface area contributed by atoms with Gasteiger partial charge in [0.1, 0.15) is 10.1 Å². The van der Waals surface area contributed by atoms with Crippen molar-refractivity contribution in [2.24, 2.45) is 0 Å². The van der Waals surface area contributed by atoms with Crippen LogP contribution in [0.5, 0.6) is 0 Å². The minimum atomic E-state index is -4.57. The molecule has 0 fully saturated rings. The normalized spacial score (nSPS) is 14.2. The second kappa shape index (κ2) is 8.51. The fourth-order valence-electron chi connectivity index (χ4n) is 2.33. The zero-order valence-corrected chi connectivity index (χ0v) is 18.0. The van der Waals surface area contributed by atoms with Crippen molar-refractivity contribution in [1.29, 1.82) is 0 Å². The van der Waals surface area contributed by atoms with Crippen molar-refractivity contribution in [1.82, 2.24) is 9.78 Å². The van der Waals surface area contributed by atoms with Crippen LogP contribution in [0.2, 0.25) is 5.02 Å². The molecule has 0 aliphatic rings. The molecule has 0 aliphatic carbocycles. The van der Waals surface area contributed by atoms with Crippen LogP contribution in [0.25, 0.3) is 6.08 Å². The van der Waals surface area contributed by atoms with Crippen molar-refractivity contribution in [3.63, 3.8) is 0 Å². The lowest BCUT2D eigenvalue weighted by Crippen LogP contribution is -2.36. The lowest BCUT2D eigenvalue weighted by Gasteiger charge is -2.21. The van der Waals surface area contributed by atoms with Crippen LogP contribution in [-0.4, -0.2) is 16.0 Å². The largest absolute Gasteiger partial charge is 0.426 e.